The highest BCUT2D eigenvalue weighted by atomic mass is 16.8. The molecule has 3 heterocycles. The minimum atomic E-state index is -0.569. The smallest absolute Gasteiger partial charge is 0.231 e. The minimum Gasteiger partial charge on any atom is -0.454 e. The third-order valence-corrected chi connectivity index (χ3v) is 6.49. The summed E-state index contributed by atoms with van der Waals surface area (Å²) in [4.78, 5) is 2.45. The maximum absolute atomic E-state index is 10.0. The second-order valence-corrected chi connectivity index (χ2v) is 8.48. The van der Waals surface area contributed by atoms with Crippen LogP contribution in [0.4, 0.5) is 0 Å². The molecule has 3 aliphatic heterocycles. The van der Waals surface area contributed by atoms with Crippen molar-refractivity contribution >= 4 is 0 Å². The van der Waals surface area contributed by atoms with Crippen molar-refractivity contribution in [1.29, 1.82) is 0 Å². The fourth-order valence-corrected chi connectivity index (χ4v) is 5.52. The van der Waals surface area contributed by atoms with Crippen molar-refractivity contribution in [2.45, 2.75) is 63.3 Å². The first-order valence-corrected chi connectivity index (χ1v) is 9.56. The fraction of sp³-hybridized carbons (Fsp3) is 0.700. The highest BCUT2D eigenvalue weighted by Crippen LogP contribution is 2.52. The second kappa shape index (κ2) is 5.83. The summed E-state index contributed by atoms with van der Waals surface area (Å²) >= 11 is 0. The molecule has 0 radical (unpaired) electrons. The quantitative estimate of drug-likeness (QED) is 0.872. The molecule has 0 bridgehead atoms. The predicted molar refractivity (Wildman–Crippen MR) is 94.2 cm³/mol. The van der Waals surface area contributed by atoms with E-state index in [0.29, 0.717) is 17.7 Å². The number of ether oxygens (including phenoxy) is 4. The number of hydrogen-bond donors (Lipinski definition) is 1. The molecule has 5 atom stereocenters. The van der Waals surface area contributed by atoms with Crippen LogP contribution in [-0.4, -0.2) is 54.4 Å². The Bertz CT molecular complexity index is 720. The first kappa shape index (κ1) is 16.8. The molecule has 0 aromatic heterocycles. The molecule has 0 unspecified atom stereocenters. The highest BCUT2D eigenvalue weighted by Gasteiger charge is 2.56. The van der Waals surface area contributed by atoms with E-state index in [9.17, 15) is 5.11 Å². The van der Waals surface area contributed by atoms with Gasteiger partial charge < -0.3 is 29.0 Å². The number of fused-ring (bicyclic) bond motifs is 3. The van der Waals surface area contributed by atoms with Gasteiger partial charge in [-0.3, -0.25) is 0 Å². The van der Waals surface area contributed by atoms with E-state index in [-0.39, 0.29) is 31.5 Å². The zero-order valence-electron chi connectivity index (χ0n) is 15.6. The number of nitrogens with zero attached hydrogens (tertiary/aromatic N) is 1. The van der Waals surface area contributed by atoms with Crippen LogP contribution in [0.15, 0.2) is 12.1 Å². The van der Waals surface area contributed by atoms with Crippen molar-refractivity contribution in [1.82, 2.24) is 4.90 Å². The number of aliphatic hydroxyl groups excluding tert-OH is 1. The maximum atomic E-state index is 10.0. The third kappa shape index (κ3) is 2.47. The second-order valence-electron chi connectivity index (χ2n) is 8.48. The first-order chi connectivity index (χ1) is 12.5. The van der Waals surface area contributed by atoms with E-state index in [1.807, 2.05) is 19.9 Å². The van der Waals surface area contributed by atoms with Gasteiger partial charge >= 0.3 is 0 Å². The van der Waals surface area contributed by atoms with Crippen LogP contribution in [0.3, 0.4) is 0 Å². The lowest BCUT2D eigenvalue weighted by atomic mass is 9.70. The van der Waals surface area contributed by atoms with Gasteiger partial charge in [-0.2, -0.15) is 0 Å². The Labute approximate surface area is 154 Å². The van der Waals surface area contributed by atoms with Crippen LogP contribution in [-0.2, 0) is 16.1 Å². The number of likely N-dealkylation sites (N-methyl/N-ethyl adjacent to an activating group) is 1. The number of likely N-dealkylation sites (tertiary alicyclic amines) is 1. The Kier molecular flexibility index (Phi) is 3.77. The predicted octanol–water partition coefficient (Wildman–Crippen LogP) is 2.24. The summed E-state index contributed by atoms with van der Waals surface area (Å²) in [5.41, 5.74) is 2.00. The van der Waals surface area contributed by atoms with Gasteiger partial charge in [0, 0.05) is 12.0 Å². The third-order valence-electron chi connectivity index (χ3n) is 6.49. The van der Waals surface area contributed by atoms with Crippen LogP contribution < -0.4 is 9.47 Å². The van der Waals surface area contributed by atoms with Crippen molar-refractivity contribution in [3.05, 3.63) is 23.3 Å². The van der Waals surface area contributed by atoms with Crippen LogP contribution in [0.1, 0.15) is 43.7 Å². The summed E-state index contributed by atoms with van der Waals surface area (Å²) < 4.78 is 23.8. The van der Waals surface area contributed by atoms with Gasteiger partial charge in [-0.1, -0.05) is 0 Å². The molecular formula is C20H27NO5. The topological polar surface area (TPSA) is 60.4 Å². The average molecular weight is 361 g/mol. The number of benzene rings is 1. The molecule has 6 nitrogen and oxygen atoms in total. The lowest BCUT2D eigenvalue weighted by Crippen LogP contribution is -2.49. The van der Waals surface area contributed by atoms with Crippen molar-refractivity contribution in [3.8, 4) is 11.5 Å². The largest absolute Gasteiger partial charge is 0.454 e. The molecule has 6 heteroatoms. The van der Waals surface area contributed by atoms with Crippen LogP contribution in [0.25, 0.3) is 0 Å². The van der Waals surface area contributed by atoms with Gasteiger partial charge in [0.15, 0.2) is 17.3 Å². The average Bonchev–Trinajstić information content (AvgIpc) is 3.27. The van der Waals surface area contributed by atoms with E-state index >= 15 is 0 Å². The zero-order valence-corrected chi connectivity index (χ0v) is 15.6. The normalized spacial score (nSPS) is 37.6. The first-order valence-electron chi connectivity index (χ1n) is 9.56. The van der Waals surface area contributed by atoms with Crippen molar-refractivity contribution in [2.24, 2.45) is 5.92 Å². The maximum Gasteiger partial charge on any atom is 0.231 e. The van der Waals surface area contributed by atoms with E-state index in [2.05, 4.69) is 18.0 Å². The number of hydrogen-bond acceptors (Lipinski definition) is 6. The van der Waals surface area contributed by atoms with Crippen LogP contribution >= 0.6 is 0 Å². The van der Waals surface area contributed by atoms with Crippen LogP contribution in [0.5, 0.6) is 11.5 Å². The molecule has 0 amide bonds. The fourth-order valence-electron chi connectivity index (χ4n) is 5.52. The molecule has 1 aromatic rings. The molecular weight excluding hydrogens is 334 g/mol. The van der Waals surface area contributed by atoms with E-state index in [1.54, 1.807) is 0 Å². The SMILES string of the molecule is CN1CC[C@@H]2C[C@@H]3OC(C)(C)O[C@@H]3[C@@H](c3cc4c(cc3CO)OCO4)[C@@H]21. The lowest BCUT2D eigenvalue weighted by molar-refractivity contribution is -0.147. The Morgan fingerprint density at radius 1 is 1.19 bits per heavy atom. The molecule has 2 saturated heterocycles. The van der Waals surface area contributed by atoms with E-state index in [0.717, 1.165) is 29.8 Å². The van der Waals surface area contributed by atoms with Gasteiger partial charge in [-0.05, 0) is 69.5 Å². The molecule has 5 rings (SSSR count). The Hall–Kier alpha value is -1.34. The van der Waals surface area contributed by atoms with Gasteiger partial charge in [-0.25, -0.2) is 0 Å². The Morgan fingerprint density at radius 2 is 1.96 bits per heavy atom. The van der Waals surface area contributed by atoms with E-state index in [1.165, 1.54) is 6.42 Å². The Balaban J connectivity index is 1.62. The van der Waals surface area contributed by atoms with Gasteiger partial charge in [-0.15, -0.1) is 0 Å². The summed E-state index contributed by atoms with van der Waals surface area (Å²) in [6.45, 7) is 5.29. The van der Waals surface area contributed by atoms with Gasteiger partial charge in [0.2, 0.25) is 6.79 Å². The van der Waals surface area contributed by atoms with Gasteiger partial charge in [0.05, 0.1) is 18.8 Å². The molecule has 142 valence electrons. The van der Waals surface area contributed by atoms with E-state index < -0.39 is 5.79 Å². The minimum absolute atomic E-state index is 0.0162. The molecule has 1 aliphatic carbocycles. The van der Waals surface area contributed by atoms with Crippen molar-refractivity contribution in [2.75, 3.05) is 20.4 Å². The molecule has 4 aliphatic rings. The number of aliphatic hydroxyl groups is 1. The monoisotopic (exact) mass is 361 g/mol. The number of rotatable bonds is 2. The van der Waals surface area contributed by atoms with E-state index in [4.69, 9.17) is 18.9 Å². The molecule has 1 N–H and O–H groups in total. The summed E-state index contributed by atoms with van der Waals surface area (Å²) in [7, 11) is 2.20. The molecule has 3 fully saturated rings. The summed E-state index contributed by atoms with van der Waals surface area (Å²) in [5.74, 6) is 1.63. The van der Waals surface area contributed by atoms with Crippen molar-refractivity contribution < 1.29 is 24.1 Å². The summed E-state index contributed by atoms with van der Waals surface area (Å²) in [6, 6.07) is 4.37. The van der Waals surface area contributed by atoms with Gasteiger partial charge in [0.1, 0.15) is 0 Å². The molecule has 0 spiro atoms. The summed E-state index contributed by atoms with van der Waals surface area (Å²) in [5, 5.41) is 10.0. The molecule has 1 aromatic carbocycles. The summed E-state index contributed by atoms with van der Waals surface area (Å²) in [6.07, 6.45) is 2.31. The highest BCUT2D eigenvalue weighted by molar-refractivity contribution is 5.50. The molecule has 1 saturated carbocycles. The lowest BCUT2D eigenvalue weighted by Gasteiger charge is -2.43. The standard InChI is InChI=1S/C20H27NO5/c1-20(2)25-16-6-11-4-5-21(3)18(11)17(19(16)26-20)13-8-15-14(23-10-24-15)7-12(13)9-22/h7-8,11,16-19,22H,4-6,9-10H2,1-3H3/t11-,16+,17+,18-,19+/m1/s1. The zero-order chi connectivity index (χ0) is 18.1. The Morgan fingerprint density at radius 3 is 2.73 bits per heavy atom. The van der Waals surface area contributed by atoms with Crippen LogP contribution in [0.2, 0.25) is 0 Å². The van der Waals surface area contributed by atoms with Crippen LogP contribution in [0, 0.1) is 5.92 Å². The molecule has 26 heavy (non-hydrogen) atoms. The van der Waals surface area contributed by atoms with Gasteiger partial charge in [0.25, 0.3) is 0 Å². The van der Waals surface area contributed by atoms with Crippen molar-refractivity contribution in [3.63, 3.8) is 0 Å².